The van der Waals surface area contributed by atoms with Crippen molar-refractivity contribution >= 4 is 38.6 Å². The fourth-order valence-electron chi connectivity index (χ4n) is 2.59. The van der Waals surface area contributed by atoms with Gasteiger partial charge in [0.05, 0.1) is 6.61 Å². The van der Waals surface area contributed by atoms with E-state index in [1.165, 1.54) is 20.9 Å². The van der Waals surface area contributed by atoms with Crippen molar-refractivity contribution in [1.29, 1.82) is 0 Å². The van der Waals surface area contributed by atoms with E-state index in [2.05, 4.69) is 18.2 Å². The topological polar surface area (TPSA) is 9.23 Å². The summed E-state index contributed by atoms with van der Waals surface area (Å²) in [5.41, 5.74) is 2.05. The molecule has 0 saturated carbocycles. The number of fused-ring (bicyclic) bond motifs is 2. The van der Waals surface area contributed by atoms with E-state index >= 15 is 0 Å². The highest BCUT2D eigenvalue weighted by molar-refractivity contribution is 7.29. The van der Waals surface area contributed by atoms with Crippen LogP contribution >= 0.6 is 11.3 Å². The van der Waals surface area contributed by atoms with Crippen molar-refractivity contribution in [2.24, 2.45) is 0 Å². The summed E-state index contributed by atoms with van der Waals surface area (Å²) < 4.78 is 21.5. The van der Waals surface area contributed by atoms with E-state index in [-0.39, 0.29) is 12.7 Å². The third kappa shape index (κ3) is 2.61. The van der Waals surface area contributed by atoms with Crippen LogP contribution < -0.4 is 10.2 Å². The minimum Gasteiger partial charge on any atom is -0.422 e. The second kappa shape index (κ2) is 6.00. The zero-order valence-corrected chi connectivity index (χ0v) is 12.9. The van der Waals surface area contributed by atoms with Crippen LogP contribution in [0, 0.1) is 5.82 Å². The molecule has 0 N–H and O–H groups in total. The first-order valence-electron chi connectivity index (χ1n) is 7.20. The molecule has 2 aromatic carbocycles. The van der Waals surface area contributed by atoms with Gasteiger partial charge in [-0.3, -0.25) is 0 Å². The molecule has 1 nitrogen and oxygen atoms in total. The molecule has 1 aromatic heterocycles. The van der Waals surface area contributed by atoms with Gasteiger partial charge in [0.25, 0.3) is 0 Å². The van der Waals surface area contributed by atoms with Gasteiger partial charge in [-0.1, -0.05) is 38.1 Å². The smallest absolute Gasteiger partial charge is 0.372 e. The summed E-state index contributed by atoms with van der Waals surface area (Å²) in [7, 11) is 0. The molecule has 0 bridgehead atoms. The summed E-state index contributed by atoms with van der Waals surface area (Å²) in [5, 5.41) is 1.24. The Bertz CT molecular complexity index is 735. The Hall–Kier alpha value is -1.65. The molecule has 1 aliphatic rings. The van der Waals surface area contributed by atoms with Crippen molar-refractivity contribution < 1.29 is 9.04 Å². The maximum Gasteiger partial charge on any atom is 0.372 e. The predicted octanol–water partition coefficient (Wildman–Crippen LogP) is 3.70. The molecular formula is C17H16BFOS. The lowest BCUT2D eigenvalue weighted by atomic mass is 9.60. The number of hydrogen-bond acceptors (Lipinski definition) is 2. The van der Waals surface area contributed by atoms with Gasteiger partial charge in [0.2, 0.25) is 0 Å². The van der Waals surface area contributed by atoms with Crippen LogP contribution in [0.3, 0.4) is 0 Å². The van der Waals surface area contributed by atoms with E-state index in [0.717, 1.165) is 11.0 Å². The van der Waals surface area contributed by atoms with Crippen molar-refractivity contribution in [2.75, 3.05) is 0 Å². The van der Waals surface area contributed by atoms with Crippen molar-refractivity contribution in [3.63, 3.8) is 0 Å². The molecule has 0 spiro atoms. The van der Waals surface area contributed by atoms with E-state index in [0.29, 0.717) is 6.61 Å². The summed E-state index contributed by atoms with van der Waals surface area (Å²) in [6.07, 6.45) is 0. The summed E-state index contributed by atoms with van der Waals surface area (Å²) >= 11 is 1.74. The molecule has 0 amide bonds. The van der Waals surface area contributed by atoms with Crippen LogP contribution in [-0.2, 0) is 11.3 Å². The van der Waals surface area contributed by atoms with Gasteiger partial charge in [-0.2, -0.15) is 0 Å². The molecular weight excluding hydrogens is 282 g/mol. The number of benzene rings is 2. The molecule has 2 heterocycles. The van der Waals surface area contributed by atoms with Crippen LogP contribution in [0.25, 0.3) is 10.1 Å². The van der Waals surface area contributed by atoms with Crippen LogP contribution in [0.4, 0.5) is 4.39 Å². The van der Waals surface area contributed by atoms with Gasteiger partial charge in [0, 0.05) is 9.48 Å². The van der Waals surface area contributed by atoms with Crippen molar-refractivity contribution in [3.05, 3.63) is 59.9 Å². The van der Waals surface area contributed by atoms with E-state index in [9.17, 15) is 4.39 Å². The van der Waals surface area contributed by atoms with E-state index < -0.39 is 0 Å². The highest BCUT2D eigenvalue weighted by Crippen LogP contribution is 2.21. The Kier molecular flexibility index (Phi) is 4.09. The molecule has 0 saturated heterocycles. The van der Waals surface area contributed by atoms with Crippen LogP contribution in [0.1, 0.15) is 19.4 Å². The molecule has 0 radical (unpaired) electrons. The van der Waals surface area contributed by atoms with Crippen LogP contribution in [0.5, 0.6) is 0 Å². The fourth-order valence-corrected chi connectivity index (χ4v) is 3.72. The van der Waals surface area contributed by atoms with Crippen LogP contribution in [-0.4, -0.2) is 6.92 Å². The highest BCUT2D eigenvalue weighted by atomic mass is 32.1. The maximum absolute atomic E-state index is 13.2. The average Bonchev–Trinajstić information content (AvgIpc) is 3.11. The van der Waals surface area contributed by atoms with E-state index in [1.54, 1.807) is 17.4 Å². The Morgan fingerprint density at radius 3 is 2.71 bits per heavy atom. The van der Waals surface area contributed by atoms with Crippen molar-refractivity contribution in [3.8, 4) is 0 Å². The molecule has 4 heteroatoms. The molecule has 0 aliphatic carbocycles. The fraction of sp³-hybridized carbons (Fsp3) is 0.176. The van der Waals surface area contributed by atoms with Gasteiger partial charge in [-0.15, -0.1) is 11.3 Å². The van der Waals surface area contributed by atoms with Gasteiger partial charge in [-0.05, 0) is 40.7 Å². The lowest BCUT2D eigenvalue weighted by molar-refractivity contribution is 0.337. The minimum atomic E-state index is -0.195. The molecule has 106 valence electrons. The molecule has 0 fully saturated rings. The molecule has 3 aromatic rings. The second-order valence-electron chi connectivity index (χ2n) is 4.72. The lowest BCUT2D eigenvalue weighted by Crippen LogP contribution is -2.39. The van der Waals surface area contributed by atoms with E-state index in [1.807, 2.05) is 32.0 Å². The first-order chi connectivity index (χ1) is 10.3. The van der Waals surface area contributed by atoms with Gasteiger partial charge in [0.15, 0.2) is 0 Å². The summed E-state index contributed by atoms with van der Waals surface area (Å²) in [6, 6.07) is 15.4. The molecule has 0 unspecified atom stereocenters. The predicted molar refractivity (Wildman–Crippen MR) is 89.4 cm³/mol. The molecule has 4 rings (SSSR count). The van der Waals surface area contributed by atoms with Crippen LogP contribution in [0.15, 0.2) is 48.5 Å². The second-order valence-corrected chi connectivity index (χ2v) is 5.84. The zero-order chi connectivity index (χ0) is 14.8. The Morgan fingerprint density at radius 2 is 1.90 bits per heavy atom. The Morgan fingerprint density at radius 1 is 1.10 bits per heavy atom. The normalized spacial score (nSPS) is 13.0. The quantitative estimate of drug-likeness (QED) is 0.622. The number of hydrogen-bond donors (Lipinski definition) is 0. The molecule has 1 aliphatic heterocycles. The Balaban J connectivity index is 0.000000636. The van der Waals surface area contributed by atoms with Crippen molar-refractivity contribution in [2.45, 2.75) is 20.5 Å². The monoisotopic (exact) mass is 298 g/mol. The Labute approximate surface area is 128 Å². The highest BCUT2D eigenvalue weighted by Gasteiger charge is 2.31. The van der Waals surface area contributed by atoms with Crippen LogP contribution in [0.2, 0.25) is 0 Å². The van der Waals surface area contributed by atoms with Gasteiger partial charge in [-0.25, -0.2) is 4.39 Å². The molecule has 21 heavy (non-hydrogen) atoms. The third-order valence-corrected chi connectivity index (χ3v) is 4.66. The first kappa shape index (κ1) is 14.3. The average molecular weight is 298 g/mol. The number of rotatable bonds is 1. The van der Waals surface area contributed by atoms with E-state index in [4.69, 9.17) is 4.65 Å². The standard InChI is InChI=1S/C15H10BFOS.C2H6/c17-12-5-6-13-11(7-12)9-18-16(13)15-8-10-3-1-2-4-14(10)19-15;1-2/h1-8H,9H2;1-2H3. The summed E-state index contributed by atoms with van der Waals surface area (Å²) in [4.78, 5) is 0. The largest absolute Gasteiger partial charge is 0.422 e. The van der Waals surface area contributed by atoms with Gasteiger partial charge in [0.1, 0.15) is 5.82 Å². The third-order valence-electron chi connectivity index (χ3n) is 3.50. The van der Waals surface area contributed by atoms with Gasteiger partial charge >= 0.3 is 6.92 Å². The minimum absolute atomic E-state index is 0.0481. The molecule has 0 atom stereocenters. The first-order valence-corrected chi connectivity index (χ1v) is 8.01. The number of thiophene rings is 1. The van der Waals surface area contributed by atoms with Crippen molar-refractivity contribution in [1.82, 2.24) is 0 Å². The summed E-state index contributed by atoms with van der Waals surface area (Å²) in [5.74, 6) is -0.195. The maximum atomic E-state index is 13.2. The zero-order valence-electron chi connectivity index (χ0n) is 12.1. The number of halogens is 1. The summed E-state index contributed by atoms with van der Waals surface area (Å²) in [6.45, 7) is 4.44. The lowest BCUT2D eigenvalue weighted by Gasteiger charge is -2.03. The SMILES string of the molecule is CC.Fc1ccc2c(c1)COB2c1cc2ccccc2s1. The van der Waals surface area contributed by atoms with Gasteiger partial charge < -0.3 is 4.65 Å².